The number of esters is 1. The Morgan fingerprint density at radius 1 is 0.926 bits per heavy atom. The van der Waals surface area contributed by atoms with E-state index >= 15 is 0 Å². The van der Waals surface area contributed by atoms with Crippen LogP contribution in [0.15, 0.2) is 42.5 Å². The van der Waals surface area contributed by atoms with Crippen molar-refractivity contribution in [1.29, 1.82) is 0 Å². The Bertz CT molecular complexity index is 771. The van der Waals surface area contributed by atoms with Gasteiger partial charge in [-0.15, -0.1) is 0 Å². The van der Waals surface area contributed by atoms with Crippen LogP contribution < -0.4 is 14.8 Å². The summed E-state index contributed by atoms with van der Waals surface area (Å²) < 4.78 is 16.0. The van der Waals surface area contributed by atoms with E-state index in [4.69, 9.17) is 14.2 Å². The lowest BCUT2D eigenvalue weighted by Crippen LogP contribution is -2.20. The molecule has 6 nitrogen and oxygen atoms in total. The Hall–Kier alpha value is -3.02. The lowest BCUT2D eigenvalue weighted by atomic mass is 10.2. The third-order valence-corrected chi connectivity index (χ3v) is 3.77. The number of nitrogens with one attached hydrogen (secondary N) is 1. The third-order valence-electron chi connectivity index (χ3n) is 3.77. The minimum absolute atomic E-state index is 0.128. The van der Waals surface area contributed by atoms with Gasteiger partial charge in [-0.3, -0.25) is 4.79 Å². The lowest BCUT2D eigenvalue weighted by molar-refractivity contribution is -0.118. The minimum Gasteiger partial charge on any atom is -0.492 e. The fourth-order valence-electron chi connectivity index (χ4n) is 2.40. The Labute approximate surface area is 159 Å². The highest BCUT2D eigenvalue weighted by atomic mass is 16.5. The van der Waals surface area contributed by atoms with Crippen LogP contribution in [0, 0.1) is 0 Å². The summed E-state index contributed by atoms with van der Waals surface area (Å²) in [5, 5.41) is 2.75. The van der Waals surface area contributed by atoms with Crippen LogP contribution in [0.5, 0.6) is 11.5 Å². The van der Waals surface area contributed by atoms with Crippen molar-refractivity contribution in [2.75, 3.05) is 25.1 Å². The molecule has 2 aromatic rings. The van der Waals surface area contributed by atoms with Crippen LogP contribution in [-0.4, -0.2) is 31.7 Å². The Kier molecular flexibility index (Phi) is 7.67. The molecule has 27 heavy (non-hydrogen) atoms. The van der Waals surface area contributed by atoms with Gasteiger partial charge in [0.25, 0.3) is 5.91 Å². The maximum atomic E-state index is 12.2. The van der Waals surface area contributed by atoms with E-state index in [0.29, 0.717) is 29.4 Å². The minimum atomic E-state index is -0.435. The summed E-state index contributed by atoms with van der Waals surface area (Å²) in [7, 11) is 0. The number of carbonyl (C=O) groups excluding carboxylic acids is 2. The predicted octanol–water partition coefficient (Wildman–Crippen LogP) is 3.84. The lowest BCUT2D eigenvalue weighted by Gasteiger charge is -2.13. The largest absolute Gasteiger partial charge is 0.492 e. The van der Waals surface area contributed by atoms with Crippen molar-refractivity contribution in [2.45, 2.75) is 27.2 Å². The Balaban J connectivity index is 2.01. The molecule has 2 aromatic carbocycles. The highest BCUT2D eigenvalue weighted by Gasteiger charge is 2.13. The van der Waals surface area contributed by atoms with Gasteiger partial charge in [0, 0.05) is 0 Å². The number of hydrogen-bond donors (Lipinski definition) is 1. The number of carbonyl (C=O) groups is 2. The summed E-state index contributed by atoms with van der Waals surface area (Å²) in [6.07, 6.45) is 0.947. The predicted molar refractivity (Wildman–Crippen MR) is 104 cm³/mol. The van der Waals surface area contributed by atoms with Gasteiger partial charge in [-0.2, -0.15) is 0 Å². The smallest absolute Gasteiger partial charge is 0.338 e. The highest BCUT2D eigenvalue weighted by molar-refractivity contribution is 5.95. The molecular weight excluding hydrogens is 346 g/mol. The molecule has 0 saturated heterocycles. The molecule has 0 bridgehead atoms. The molecule has 144 valence electrons. The van der Waals surface area contributed by atoms with Crippen LogP contribution in [0.3, 0.4) is 0 Å². The van der Waals surface area contributed by atoms with Crippen LogP contribution in [0.4, 0.5) is 5.69 Å². The molecule has 0 saturated carbocycles. The van der Waals surface area contributed by atoms with Crippen LogP contribution in [0.25, 0.3) is 0 Å². The number of rotatable bonds is 9. The van der Waals surface area contributed by atoms with E-state index in [1.54, 1.807) is 25.1 Å². The molecule has 0 aliphatic heterocycles. The third kappa shape index (κ3) is 6.02. The van der Waals surface area contributed by atoms with E-state index in [1.165, 1.54) is 5.56 Å². The van der Waals surface area contributed by atoms with Crippen molar-refractivity contribution >= 4 is 17.6 Å². The molecule has 2 rings (SSSR count). The number of hydrogen-bond acceptors (Lipinski definition) is 5. The zero-order chi connectivity index (χ0) is 19.6. The molecule has 1 N–H and O–H groups in total. The van der Waals surface area contributed by atoms with Crippen LogP contribution in [0.2, 0.25) is 0 Å². The van der Waals surface area contributed by atoms with E-state index in [9.17, 15) is 9.59 Å². The van der Waals surface area contributed by atoms with Gasteiger partial charge in [0.2, 0.25) is 0 Å². The van der Waals surface area contributed by atoms with Gasteiger partial charge in [-0.1, -0.05) is 19.1 Å². The monoisotopic (exact) mass is 371 g/mol. The first kappa shape index (κ1) is 20.3. The first-order chi connectivity index (χ1) is 13.1. The topological polar surface area (TPSA) is 73.9 Å². The zero-order valence-electron chi connectivity index (χ0n) is 15.9. The second-order valence-corrected chi connectivity index (χ2v) is 5.70. The molecule has 0 aliphatic carbocycles. The SMILES string of the molecule is CCOC(=O)c1ccc(NC(=O)COc2ccc(CC)cc2)c(OCC)c1. The first-order valence-corrected chi connectivity index (χ1v) is 9.02. The van der Waals surface area contributed by atoms with E-state index in [1.807, 2.05) is 31.2 Å². The molecule has 0 heterocycles. The van der Waals surface area contributed by atoms with Crippen molar-refractivity contribution in [1.82, 2.24) is 0 Å². The quantitative estimate of drug-likeness (QED) is 0.678. The van der Waals surface area contributed by atoms with Gasteiger partial charge in [0.05, 0.1) is 24.5 Å². The Morgan fingerprint density at radius 2 is 1.67 bits per heavy atom. The maximum Gasteiger partial charge on any atom is 0.338 e. The van der Waals surface area contributed by atoms with Gasteiger partial charge in [0.15, 0.2) is 6.61 Å². The number of benzene rings is 2. The molecular formula is C21H25NO5. The number of amides is 1. The van der Waals surface area contributed by atoms with Crippen LogP contribution in [0.1, 0.15) is 36.7 Å². The fourth-order valence-corrected chi connectivity index (χ4v) is 2.40. The number of aryl methyl sites for hydroxylation is 1. The van der Waals surface area contributed by atoms with Gasteiger partial charge < -0.3 is 19.5 Å². The summed E-state index contributed by atoms with van der Waals surface area (Å²) in [6.45, 7) is 6.20. The summed E-state index contributed by atoms with van der Waals surface area (Å²) in [4.78, 5) is 24.1. The standard InChI is InChI=1S/C21H25NO5/c1-4-15-7-10-17(11-8-15)27-14-20(23)22-18-12-9-16(21(24)26-6-3)13-19(18)25-5-2/h7-13H,4-6,14H2,1-3H3,(H,22,23). The average Bonchev–Trinajstić information content (AvgIpc) is 2.68. The second kappa shape index (κ2) is 10.2. The van der Waals surface area contributed by atoms with E-state index in [2.05, 4.69) is 12.2 Å². The molecule has 0 radical (unpaired) electrons. The first-order valence-electron chi connectivity index (χ1n) is 9.02. The summed E-state index contributed by atoms with van der Waals surface area (Å²) in [6, 6.07) is 12.4. The van der Waals surface area contributed by atoms with E-state index < -0.39 is 5.97 Å². The van der Waals surface area contributed by atoms with Gasteiger partial charge in [-0.05, 0) is 56.2 Å². The van der Waals surface area contributed by atoms with Gasteiger partial charge >= 0.3 is 5.97 Å². The molecule has 0 fully saturated rings. The highest BCUT2D eigenvalue weighted by Crippen LogP contribution is 2.26. The van der Waals surface area contributed by atoms with E-state index in [0.717, 1.165) is 6.42 Å². The fraction of sp³-hybridized carbons (Fsp3) is 0.333. The number of anilines is 1. The molecule has 0 aromatic heterocycles. The van der Waals surface area contributed by atoms with Gasteiger partial charge in [-0.25, -0.2) is 4.79 Å². The summed E-state index contributed by atoms with van der Waals surface area (Å²) in [5.74, 6) is 0.281. The number of ether oxygens (including phenoxy) is 3. The molecule has 0 aliphatic rings. The van der Waals surface area contributed by atoms with Crippen molar-refractivity contribution in [3.8, 4) is 11.5 Å². The molecule has 1 amide bonds. The van der Waals surface area contributed by atoms with Gasteiger partial charge in [0.1, 0.15) is 11.5 Å². The average molecular weight is 371 g/mol. The van der Waals surface area contributed by atoms with Crippen molar-refractivity contribution in [3.63, 3.8) is 0 Å². The summed E-state index contributed by atoms with van der Waals surface area (Å²) >= 11 is 0. The maximum absolute atomic E-state index is 12.2. The zero-order valence-corrected chi connectivity index (χ0v) is 15.9. The molecule has 0 spiro atoms. The summed E-state index contributed by atoms with van der Waals surface area (Å²) in [5.41, 5.74) is 2.04. The molecule has 6 heteroatoms. The Morgan fingerprint density at radius 3 is 2.30 bits per heavy atom. The van der Waals surface area contributed by atoms with Crippen molar-refractivity contribution in [3.05, 3.63) is 53.6 Å². The van der Waals surface area contributed by atoms with Crippen molar-refractivity contribution < 1.29 is 23.8 Å². The normalized spacial score (nSPS) is 10.2. The molecule has 0 unspecified atom stereocenters. The van der Waals surface area contributed by atoms with E-state index in [-0.39, 0.29) is 19.1 Å². The molecule has 0 atom stereocenters. The van der Waals surface area contributed by atoms with Crippen molar-refractivity contribution in [2.24, 2.45) is 0 Å². The van der Waals surface area contributed by atoms with Crippen LogP contribution >= 0.6 is 0 Å². The van der Waals surface area contributed by atoms with Crippen LogP contribution in [-0.2, 0) is 16.0 Å². The second-order valence-electron chi connectivity index (χ2n) is 5.70.